The second-order valence-electron chi connectivity index (χ2n) is 7.31. The van der Waals surface area contributed by atoms with Crippen molar-refractivity contribution in [2.75, 3.05) is 19.6 Å². The summed E-state index contributed by atoms with van der Waals surface area (Å²) in [5.41, 5.74) is 0.634. The molecule has 25 heavy (non-hydrogen) atoms. The van der Waals surface area contributed by atoms with E-state index in [1.165, 1.54) is 45.2 Å². The SMILES string of the molecule is Cn1ncc(C(=O)NC[C@@H]2CCCN3CCCC[C@@H]23)c1-n1cccc1. The third kappa shape index (κ3) is 3.23. The number of amides is 1. The minimum atomic E-state index is -0.0234. The quantitative estimate of drug-likeness (QED) is 0.928. The van der Waals surface area contributed by atoms with Crippen LogP contribution in [0, 0.1) is 5.92 Å². The summed E-state index contributed by atoms with van der Waals surface area (Å²) in [6, 6.07) is 4.56. The summed E-state index contributed by atoms with van der Waals surface area (Å²) in [7, 11) is 1.87. The Morgan fingerprint density at radius 1 is 1.20 bits per heavy atom. The van der Waals surface area contributed by atoms with Gasteiger partial charge in [-0.15, -0.1) is 0 Å². The van der Waals surface area contributed by atoms with Crippen molar-refractivity contribution < 1.29 is 4.79 Å². The van der Waals surface area contributed by atoms with E-state index in [9.17, 15) is 4.79 Å². The van der Waals surface area contributed by atoms with E-state index in [1.807, 2.05) is 36.1 Å². The van der Waals surface area contributed by atoms with Crippen LogP contribution in [0.2, 0.25) is 0 Å². The molecule has 2 aromatic heterocycles. The standard InChI is InChI=1S/C19H27N5O/c1-22-19(24-10-4-5-11-24)16(14-21-22)18(25)20-13-15-7-6-12-23-9-3-2-8-17(15)23/h4-5,10-11,14-15,17H,2-3,6-9,12-13H2,1H3,(H,20,25)/t15-,17-/m0/s1. The molecule has 0 bridgehead atoms. The number of fused-ring (bicyclic) bond motifs is 1. The molecule has 0 radical (unpaired) electrons. The monoisotopic (exact) mass is 341 g/mol. The number of aromatic nitrogens is 3. The average Bonchev–Trinajstić information content (AvgIpc) is 3.29. The van der Waals surface area contributed by atoms with Gasteiger partial charge in [0.05, 0.1) is 6.20 Å². The van der Waals surface area contributed by atoms with E-state index >= 15 is 0 Å². The van der Waals surface area contributed by atoms with E-state index in [-0.39, 0.29) is 5.91 Å². The number of nitrogens with one attached hydrogen (secondary N) is 1. The van der Waals surface area contributed by atoms with Crippen LogP contribution in [0.4, 0.5) is 0 Å². The van der Waals surface area contributed by atoms with E-state index < -0.39 is 0 Å². The molecule has 6 nitrogen and oxygen atoms in total. The van der Waals surface area contributed by atoms with Gasteiger partial charge in [-0.25, -0.2) is 0 Å². The molecule has 2 aliphatic heterocycles. The molecule has 0 aliphatic carbocycles. The van der Waals surface area contributed by atoms with Crippen LogP contribution >= 0.6 is 0 Å². The fourth-order valence-electron chi connectivity index (χ4n) is 4.51. The van der Waals surface area contributed by atoms with Gasteiger partial charge in [-0.1, -0.05) is 6.42 Å². The number of rotatable bonds is 4. The van der Waals surface area contributed by atoms with Crippen molar-refractivity contribution in [1.29, 1.82) is 0 Å². The van der Waals surface area contributed by atoms with Crippen molar-refractivity contribution in [3.63, 3.8) is 0 Å². The average molecular weight is 341 g/mol. The van der Waals surface area contributed by atoms with Crippen LogP contribution in [0.5, 0.6) is 0 Å². The zero-order valence-electron chi connectivity index (χ0n) is 14.9. The Morgan fingerprint density at radius 3 is 2.84 bits per heavy atom. The molecule has 4 heterocycles. The molecule has 134 valence electrons. The molecule has 1 amide bonds. The molecule has 0 aromatic carbocycles. The third-order valence-corrected chi connectivity index (χ3v) is 5.75. The van der Waals surface area contributed by atoms with Crippen LogP contribution in [0.15, 0.2) is 30.7 Å². The van der Waals surface area contributed by atoms with Gasteiger partial charge in [0.2, 0.25) is 0 Å². The fraction of sp³-hybridized carbons (Fsp3) is 0.579. The highest BCUT2D eigenvalue weighted by molar-refractivity contribution is 5.97. The first-order valence-corrected chi connectivity index (χ1v) is 9.41. The summed E-state index contributed by atoms with van der Waals surface area (Å²) in [6.45, 7) is 3.23. The van der Waals surface area contributed by atoms with Gasteiger partial charge in [0.25, 0.3) is 5.91 Å². The molecule has 2 atom stereocenters. The highest BCUT2D eigenvalue weighted by atomic mass is 16.1. The van der Waals surface area contributed by atoms with Gasteiger partial charge in [-0.2, -0.15) is 5.10 Å². The Hall–Kier alpha value is -2.08. The maximum atomic E-state index is 12.8. The van der Waals surface area contributed by atoms with Crippen LogP contribution in [0.1, 0.15) is 42.5 Å². The summed E-state index contributed by atoms with van der Waals surface area (Å²) in [6.07, 6.45) is 11.9. The molecule has 4 rings (SSSR count). The zero-order valence-corrected chi connectivity index (χ0v) is 14.9. The molecule has 2 aliphatic rings. The summed E-state index contributed by atoms with van der Waals surface area (Å²) >= 11 is 0. The topological polar surface area (TPSA) is 55.1 Å². The van der Waals surface area contributed by atoms with Crippen molar-refractivity contribution in [2.45, 2.75) is 38.1 Å². The second kappa shape index (κ2) is 7.04. The van der Waals surface area contributed by atoms with Gasteiger partial charge < -0.3 is 14.8 Å². The van der Waals surface area contributed by atoms with E-state index in [0.717, 1.165) is 12.4 Å². The first kappa shape index (κ1) is 16.4. The number of nitrogens with zero attached hydrogens (tertiary/aromatic N) is 4. The van der Waals surface area contributed by atoms with Crippen molar-refractivity contribution in [3.8, 4) is 5.82 Å². The van der Waals surface area contributed by atoms with Crippen molar-refractivity contribution in [2.24, 2.45) is 13.0 Å². The zero-order chi connectivity index (χ0) is 17.2. The number of hydrogen-bond acceptors (Lipinski definition) is 3. The lowest BCUT2D eigenvalue weighted by Gasteiger charge is -2.44. The highest BCUT2D eigenvalue weighted by Gasteiger charge is 2.33. The molecule has 0 unspecified atom stereocenters. The van der Waals surface area contributed by atoms with Crippen molar-refractivity contribution in [3.05, 3.63) is 36.3 Å². The summed E-state index contributed by atoms with van der Waals surface area (Å²) in [5, 5.41) is 7.47. The summed E-state index contributed by atoms with van der Waals surface area (Å²) in [5.74, 6) is 1.36. The Labute approximate surface area is 148 Å². The number of carbonyl (C=O) groups excluding carboxylic acids is 1. The minimum absolute atomic E-state index is 0.0234. The van der Waals surface area contributed by atoms with E-state index in [4.69, 9.17) is 0 Å². The second-order valence-corrected chi connectivity index (χ2v) is 7.31. The van der Waals surface area contributed by atoms with Gasteiger partial charge in [-0.3, -0.25) is 9.48 Å². The van der Waals surface area contributed by atoms with E-state index in [2.05, 4.69) is 15.3 Å². The fourth-order valence-corrected chi connectivity index (χ4v) is 4.51. The smallest absolute Gasteiger partial charge is 0.256 e. The lowest BCUT2D eigenvalue weighted by molar-refractivity contribution is 0.0575. The number of carbonyl (C=O) groups is 1. The first-order valence-electron chi connectivity index (χ1n) is 9.41. The number of piperidine rings is 2. The van der Waals surface area contributed by atoms with Crippen LogP contribution in [-0.2, 0) is 7.05 Å². The van der Waals surface area contributed by atoms with Crippen molar-refractivity contribution >= 4 is 5.91 Å². The number of aryl methyl sites for hydroxylation is 1. The molecule has 0 saturated carbocycles. The molecular weight excluding hydrogens is 314 g/mol. The number of hydrogen-bond donors (Lipinski definition) is 1. The molecule has 6 heteroatoms. The third-order valence-electron chi connectivity index (χ3n) is 5.75. The molecule has 2 aromatic rings. The first-order chi connectivity index (χ1) is 12.2. The highest BCUT2D eigenvalue weighted by Crippen LogP contribution is 2.30. The van der Waals surface area contributed by atoms with Crippen LogP contribution in [-0.4, -0.2) is 50.8 Å². The lowest BCUT2D eigenvalue weighted by atomic mass is 9.83. The van der Waals surface area contributed by atoms with Crippen LogP contribution in [0.3, 0.4) is 0 Å². The molecule has 0 spiro atoms. The van der Waals surface area contributed by atoms with Gasteiger partial charge >= 0.3 is 0 Å². The summed E-state index contributed by atoms with van der Waals surface area (Å²) < 4.78 is 3.68. The molecule has 2 fully saturated rings. The van der Waals surface area contributed by atoms with Gasteiger partial charge in [0.15, 0.2) is 0 Å². The minimum Gasteiger partial charge on any atom is -0.352 e. The Bertz CT molecular complexity index is 718. The largest absolute Gasteiger partial charge is 0.352 e. The predicted molar refractivity (Wildman–Crippen MR) is 96.8 cm³/mol. The Kier molecular flexibility index (Phi) is 4.61. The van der Waals surface area contributed by atoms with Crippen LogP contribution < -0.4 is 5.32 Å². The molecule has 2 saturated heterocycles. The normalized spacial score (nSPS) is 24.0. The van der Waals surface area contributed by atoms with Crippen LogP contribution in [0.25, 0.3) is 5.82 Å². The van der Waals surface area contributed by atoms with E-state index in [0.29, 0.717) is 17.5 Å². The van der Waals surface area contributed by atoms with Gasteiger partial charge in [-0.05, 0) is 56.8 Å². The summed E-state index contributed by atoms with van der Waals surface area (Å²) in [4.78, 5) is 15.4. The Balaban J connectivity index is 1.44. The predicted octanol–water partition coefficient (Wildman–Crippen LogP) is 2.21. The lowest BCUT2D eigenvalue weighted by Crippen LogP contribution is -2.51. The molecular formula is C19H27N5O. The maximum absolute atomic E-state index is 12.8. The van der Waals surface area contributed by atoms with Gasteiger partial charge in [0.1, 0.15) is 11.4 Å². The van der Waals surface area contributed by atoms with Crippen molar-refractivity contribution in [1.82, 2.24) is 24.6 Å². The van der Waals surface area contributed by atoms with E-state index in [1.54, 1.807) is 10.9 Å². The Morgan fingerprint density at radius 2 is 2.00 bits per heavy atom. The maximum Gasteiger partial charge on any atom is 0.256 e. The van der Waals surface area contributed by atoms with Gasteiger partial charge in [0, 0.05) is 32.0 Å². The molecule has 1 N–H and O–H groups in total.